The van der Waals surface area contributed by atoms with Gasteiger partial charge in [-0.2, -0.15) is 5.10 Å². The highest BCUT2D eigenvalue weighted by Crippen LogP contribution is 2.35. The number of benzene rings is 2. The van der Waals surface area contributed by atoms with Gasteiger partial charge in [0.2, 0.25) is 5.88 Å². The van der Waals surface area contributed by atoms with Crippen molar-refractivity contribution in [3.05, 3.63) is 65.9 Å². The summed E-state index contributed by atoms with van der Waals surface area (Å²) in [5.74, 6) is 2.17. The summed E-state index contributed by atoms with van der Waals surface area (Å²) in [6.45, 7) is 7.51. The molecule has 1 aliphatic carbocycles. The maximum atomic E-state index is 10.6. The third kappa shape index (κ3) is 6.17. The molecule has 1 saturated carbocycles. The molecule has 0 saturated heterocycles. The number of methoxy groups -OCH3 is 1. The third-order valence-electron chi connectivity index (χ3n) is 5.90. The molecule has 3 aromatic rings. The highest BCUT2D eigenvalue weighted by Gasteiger charge is 2.32. The van der Waals surface area contributed by atoms with Crippen LogP contribution in [0.4, 0.5) is 0 Å². The second-order valence-corrected chi connectivity index (χ2v) is 9.09. The molecule has 1 aromatic heterocycles. The van der Waals surface area contributed by atoms with E-state index in [4.69, 9.17) is 19.3 Å². The van der Waals surface area contributed by atoms with Gasteiger partial charge in [-0.3, -0.25) is 4.90 Å². The maximum Gasteiger partial charge on any atom is 0.227 e. The average Bonchev–Trinajstić information content (AvgIpc) is 3.65. The van der Waals surface area contributed by atoms with Gasteiger partial charge >= 0.3 is 0 Å². The number of hydrogen-bond acceptors (Lipinski definition) is 6. The van der Waals surface area contributed by atoms with Crippen molar-refractivity contribution < 1.29 is 19.3 Å². The van der Waals surface area contributed by atoms with Crippen molar-refractivity contribution in [3.8, 4) is 23.1 Å². The van der Waals surface area contributed by atoms with Gasteiger partial charge in [0.25, 0.3) is 0 Å². The maximum absolute atomic E-state index is 10.6. The summed E-state index contributed by atoms with van der Waals surface area (Å²) < 4.78 is 19.2. The van der Waals surface area contributed by atoms with Crippen LogP contribution in [-0.4, -0.2) is 58.3 Å². The Labute approximate surface area is 201 Å². The number of aromatic nitrogens is 2. The zero-order valence-corrected chi connectivity index (χ0v) is 20.5. The lowest BCUT2D eigenvalue weighted by Crippen LogP contribution is -2.36. The topological polar surface area (TPSA) is 69.0 Å². The van der Waals surface area contributed by atoms with Crippen molar-refractivity contribution in [3.63, 3.8) is 0 Å². The van der Waals surface area contributed by atoms with Crippen molar-refractivity contribution in [1.82, 2.24) is 14.7 Å². The molecular formula is C27H35N3O4. The Morgan fingerprint density at radius 2 is 1.74 bits per heavy atom. The Kier molecular flexibility index (Phi) is 7.88. The van der Waals surface area contributed by atoms with Gasteiger partial charge in [0.15, 0.2) is 0 Å². The van der Waals surface area contributed by atoms with E-state index < -0.39 is 6.10 Å². The van der Waals surface area contributed by atoms with E-state index in [1.807, 2.05) is 80.1 Å². The van der Waals surface area contributed by atoms with E-state index in [1.165, 1.54) is 0 Å². The Bertz CT molecular complexity index is 1050. The summed E-state index contributed by atoms with van der Waals surface area (Å²) in [4.78, 5) is 2.33. The minimum absolute atomic E-state index is 0.0971. The van der Waals surface area contributed by atoms with Gasteiger partial charge in [0.1, 0.15) is 11.5 Å². The monoisotopic (exact) mass is 465 g/mol. The standard InChI is InChI=1S/C27H35N3O4/c1-19(2)33-18-23(31)16-29(21-10-11-21)17-26-20(3)28-30(22-8-6-5-7-9-22)27(26)34-25-14-12-24(32-4)13-15-25/h5-9,12-15,19,21,23,31H,10-11,16-18H2,1-4H3/t23-/m1/s1. The second kappa shape index (κ2) is 11.0. The van der Waals surface area contributed by atoms with Crippen molar-refractivity contribution in [1.29, 1.82) is 0 Å². The van der Waals surface area contributed by atoms with Crippen LogP contribution in [0.25, 0.3) is 5.69 Å². The Morgan fingerprint density at radius 3 is 2.35 bits per heavy atom. The van der Waals surface area contributed by atoms with E-state index in [0.29, 0.717) is 37.4 Å². The Morgan fingerprint density at radius 1 is 1.06 bits per heavy atom. The molecule has 1 atom stereocenters. The molecule has 0 spiro atoms. The van der Waals surface area contributed by atoms with Crippen LogP contribution < -0.4 is 9.47 Å². The SMILES string of the molecule is COc1ccc(Oc2c(CN(C[C@@H](O)COC(C)C)C3CC3)c(C)nn2-c2ccccc2)cc1. The minimum Gasteiger partial charge on any atom is -0.497 e. The number of para-hydroxylation sites is 1. The summed E-state index contributed by atoms with van der Waals surface area (Å²) in [6, 6.07) is 18.0. The largest absolute Gasteiger partial charge is 0.497 e. The fourth-order valence-electron chi connectivity index (χ4n) is 3.94. The minimum atomic E-state index is -0.543. The molecule has 0 amide bonds. The van der Waals surface area contributed by atoms with Gasteiger partial charge in [-0.05, 0) is 70.0 Å². The molecule has 1 N–H and O–H groups in total. The third-order valence-corrected chi connectivity index (χ3v) is 5.90. The van der Waals surface area contributed by atoms with Crippen LogP contribution in [0.2, 0.25) is 0 Å². The molecule has 2 aromatic carbocycles. The number of nitrogens with zero attached hydrogens (tertiary/aromatic N) is 3. The molecule has 7 heteroatoms. The van der Waals surface area contributed by atoms with Crippen LogP contribution in [0.3, 0.4) is 0 Å². The van der Waals surface area contributed by atoms with Crippen LogP contribution in [0, 0.1) is 6.92 Å². The zero-order chi connectivity index (χ0) is 24.1. The number of aryl methyl sites for hydroxylation is 1. The Balaban J connectivity index is 1.63. The number of hydrogen-bond donors (Lipinski definition) is 1. The number of ether oxygens (including phenoxy) is 3. The van der Waals surface area contributed by atoms with Crippen LogP contribution in [0.5, 0.6) is 17.4 Å². The van der Waals surface area contributed by atoms with Crippen LogP contribution in [0.1, 0.15) is 37.9 Å². The summed E-state index contributed by atoms with van der Waals surface area (Å²) in [5, 5.41) is 15.4. The van der Waals surface area contributed by atoms with E-state index in [0.717, 1.165) is 35.5 Å². The molecule has 1 heterocycles. The highest BCUT2D eigenvalue weighted by atomic mass is 16.5. The first kappa shape index (κ1) is 24.3. The summed E-state index contributed by atoms with van der Waals surface area (Å²) in [5.41, 5.74) is 2.86. The van der Waals surface area contributed by atoms with E-state index in [1.54, 1.807) is 7.11 Å². The smallest absolute Gasteiger partial charge is 0.227 e. The van der Waals surface area contributed by atoms with Gasteiger partial charge < -0.3 is 19.3 Å². The van der Waals surface area contributed by atoms with Crippen molar-refractivity contribution in [2.45, 2.75) is 58.4 Å². The molecule has 1 aliphatic rings. The van der Waals surface area contributed by atoms with Gasteiger partial charge in [-0.25, -0.2) is 4.68 Å². The van der Waals surface area contributed by atoms with Gasteiger partial charge in [0.05, 0.1) is 42.9 Å². The fraction of sp³-hybridized carbons (Fsp3) is 0.444. The molecule has 7 nitrogen and oxygen atoms in total. The first-order valence-electron chi connectivity index (χ1n) is 11.9. The zero-order valence-electron chi connectivity index (χ0n) is 20.5. The van der Waals surface area contributed by atoms with E-state index in [2.05, 4.69) is 4.90 Å². The Hall–Kier alpha value is -2.87. The second-order valence-electron chi connectivity index (χ2n) is 9.09. The molecule has 0 unspecified atom stereocenters. The van der Waals surface area contributed by atoms with Crippen molar-refractivity contribution >= 4 is 0 Å². The molecular weight excluding hydrogens is 430 g/mol. The summed E-state index contributed by atoms with van der Waals surface area (Å²) in [6.07, 6.45) is 1.83. The summed E-state index contributed by atoms with van der Waals surface area (Å²) >= 11 is 0. The predicted molar refractivity (Wildman–Crippen MR) is 132 cm³/mol. The number of aliphatic hydroxyl groups excluding tert-OH is 1. The van der Waals surface area contributed by atoms with Gasteiger partial charge in [0, 0.05) is 19.1 Å². The first-order chi connectivity index (χ1) is 16.4. The van der Waals surface area contributed by atoms with Crippen LogP contribution >= 0.6 is 0 Å². The predicted octanol–water partition coefficient (Wildman–Crippen LogP) is 4.73. The lowest BCUT2D eigenvalue weighted by Gasteiger charge is -2.25. The quantitative estimate of drug-likeness (QED) is 0.417. The normalized spacial score (nSPS) is 14.6. The van der Waals surface area contributed by atoms with E-state index in [-0.39, 0.29) is 6.10 Å². The van der Waals surface area contributed by atoms with E-state index in [9.17, 15) is 5.11 Å². The first-order valence-corrected chi connectivity index (χ1v) is 11.9. The molecule has 0 radical (unpaired) electrons. The highest BCUT2D eigenvalue weighted by molar-refractivity contribution is 5.44. The van der Waals surface area contributed by atoms with Gasteiger partial charge in [-0.15, -0.1) is 0 Å². The molecule has 0 bridgehead atoms. The van der Waals surface area contributed by atoms with Crippen LogP contribution in [0.15, 0.2) is 54.6 Å². The number of aliphatic hydroxyl groups is 1. The lowest BCUT2D eigenvalue weighted by molar-refractivity contribution is -0.0107. The fourth-order valence-corrected chi connectivity index (χ4v) is 3.94. The van der Waals surface area contributed by atoms with E-state index >= 15 is 0 Å². The van der Waals surface area contributed by atoms with Crippen LogP contribution in [-0.2, 0) is 11.3 Å². The average molecular weight is 466 g/mol. The van der Waals surface area contributed by atoms with Crippen molar-refractivity contribution in [2.75, 3.05) is 20.3 Å². The lowest BCUT2D eigenvalue weighted by atomic mass is 10.2. The molecule has 0 aliphatic heterocycles. The van der Waals surface area contributed by atoms with Gasteiger partial charge in [-0.1, -0.05) is 18.2 Å². The molecule has 1 fully saturated rings. The summed E-state index contributed by atoms with van der Waals surface area (Å²) in [7, 11) is 1.65. The molecule has 34 heavy (non-hydrogen) atoms. The number of rotatable bonds is 12. The molecule has 182 valence electrons. The molecule has 4 rings (SSSR count). The van der Waals surface area contributed by atoms with Crippen molar-refractivity contribution in [2.24, 2.45) is 0 Å².